The third-order valence-electron chi connectivity index (χ3n) is 6.59. The summed E-state index contributed by atoms with van der Waals surface area (Å²) in [5, 5.41) is 11.0. The minimum Gasteiger partial charge on any atom is -0.390 e. The van der Waals surface area contributed by atoms with Crippen LogP contribution >= 0.6 is 23.2 Å². The SMILES string of the molecule is Cc1ccc(-c2nc(CO)c(N3CCC4(CCCC4)CC3)nc2C)c(Cl)c1Cl. The molecule has 2 aromatic rings. The fourth-order valence-electron chi connectivity index (χ4n) is 4.80. The van der Waals surface area contributed by atoms with Gasteiger partial charge in [-0.1, -0.05) is 48.2 Å². The zero-order chi connectivity index (χ0) is 19.9. The zero-order valence-electron chi connectivity index (χ0n) is 16.6. The van der Waals surface area contributed by atoms with Gasteiger partial charge in [0, 0.05) is 18.7 Å². The first-order chi connectivity index (χ1) is 13.4. The number of rotatable bonds is 3. The Labute approximate surface area is 176 Å². The fourth-order valence-corrected chi connectivity index (χ4v) is 5.27. The second-order valence-corrected chi connectivity index (χ2v) is 9.09. The van der Waals surface area contributed by atoms with E-state index in [9.17, 15) is 5.11 Å². The van der Waals surface area contributed by atoms with Gasteiger partial charge in [-0.15, -0.1) is 0 Å². The first kappa shape index (κ1) is 19.9. The highest BCUT2D eigenvalue weighted by Gasteiger charge is 2.37. The summed E-state index contributed by atoms with van der Waals surface area (Å²) in [6.45, 7) is 5.69. The number of halogens is 2. The van der Waals surface area contributed by atoms with Crippen LogP contribution in [0.1, 0.15) is 55.5 Å². The Balaban J connectivity index is 1.66. The Kier molecular flexibility index (Phi) is 5.56. The van der Waals surface area contributed by atoms with Gasteiger partial charge in [-0.05, 0) is 50.5 Å². The van der Waals surface area contributed by atoms with E-state index in [0.717, 1.165) is 35.7 Å². The van der Waals surface area contributed by atoms with Crippen molar-refractivity contribution in [2.45, 2.75) is 59.0 Å². The molecular weight excluding hydrogens is 393 g/mol. The molecule has 150 valence electrons. The molecular formula is C22H27Cl2N3O. The van der Waals surface area contributed by atoms with Crippen LogP contribution in [-0.2, 0) is 6.61 Å². The molecule has 1 spiro atoms. The molecule has 6 heteroatoms. The average Bonchev–Trinajstić information content (AvgIpc) is 3.15. The van der Waals surface area contributed by atoms with Crippen LogP contribution in [0, 0.1) is 19.3 Å². The number of aliphatic hydroxyl groups excluding tert-OH is 1. The highest BCUT2D eigenvalue weighted by Crippen LogP contribution is 2.47. The molecule has 0 radical (unpaired) electrons. The van der Waals surface area contributed by atoms with E-state index in [1.807, 2.05) is 26.0 Å². The molecule has 1 saturated heterocycles. The molecule has 1 aliphatic heterocycles. The number of hydrogen-bond donors (Lipinski definition) is 1. The Bertz CT molecular complexity index is 884. The van der Waals surface area contributed by atoms with Crippen molar-refractivity contribution in [2.24, 2.45) is 5.41 Å². The van der Waals surface area contributed by atoms with Crippen LogP contribution in [0.25, 0.3) is 11.3 Å². The van der Waals surface area contributed by atoms with Crippen molar-refractivity contribution in [3.05, 3.63) is 39.1 Å². The van der Waals surface area contributed by atoms with Gasteiger partial charge in [0.15, 0.2) is 5.82 Å². The van der Waals surface area contributed by atoms with Crippen LogP contribution in [-0.4, -0.2) is 28.2 Å². The summed E-state index contributed by atoms with van der Waals surface area (Å²) >= 11 is 12.8. The molecule has 1 saturated carbocycles. The van der Waals surface area contributed by atoms with Gasteiger partial charge in [0.25, 0.3) is 0 Å². The van der Waals surface area contributed by atoms with Gasteiger partial charge in [-0.25, -0.2) is 9.97 Å². The fraction of sp³-hybridized carbons (Fsp3) is 0.545. The van der Waals surface area contributed by atoms with Crippen molar-refractivity contribution < 1.29 is 5.11 Å². The maximum atomic E-state index is 10.00. The highest BCUT2D eigenvalue weighted by molar-refractivity contribution is 6.44. The average molecular weight is 420 g/mol. The van der Waals surface area contributed by atoms with Gasteiger partial charge in [-0.2, -0.15) is 0 Å². The monoisotopic (exact) mass is 419 g/mol. The maximum Gasteiger partial charge on any atom is 0.153 e. The van der Waals surface area contributed by atoms with Gasteiger partial charge in [0.05, 0.1) is 28.0 Å². The van der Waals surface area contributed by atoms with Crippen molar-refractivity contribution in [3.8, 4) is 11.3 Å². The van der Waals surface area contributed by atoms with E-state index < -0.39 is 0 Å². The minimum absolute atomic E-state index is 0.144. The van der Waals surface area contributed by atoms with Gasteiger partial charge in [0.1, 0.15) is 5.69 Å². The molecule has 4 rings (SSSR count). The van der Waals surface area contributed by atoms with Crippen molar-refractivity contribution >= 4 is 29.0 Å². The quantitative estimate of drug-likeness (QED) is 0.690. The number of piperidine rings is 1. The maximum absolute atomic E-state index is 10.00. The second-order valence-electron chi connectivity index (χ2n) is 8.34. The van der Waals surface area contributed by atoms with Crippen LogP contribution in [0.2, 0.25) is 10.0 Å². The van der Waals surface area contributed by atoms with Crippen LogP contribution in [0.4, 0.5) is 5.82 Å². The van der Waals surface area contributed by atoms with Crippen molar-refractivity contribution in [1.29, 1.82) is 0 Å². The van der Waals surface area contributed by atoms with Crippen molar-refractivity contribution in [1.82, 2.24) is 9.97 Å². The Morgan fingerprint density at radius 2 is 1.68 bits per heavy atom. The summed E-state index contributed by atoms with van der Waals surface area (Å²) in [5.74, 6) is 0.811. The molecule has 0 bridgehead atoms. The topological polar surface area (TPSA) is 49.3 Å². The number of aryl methyl sites for hydroxylation is 2. The van der Waals surface area contributed by atoms with Gasteiger partial charge < -0.3 is 10.0 Å². The molecule has 1 aliphatic carbocycles. The molecule has 1 aromatic heterocycles. The summed E-state index contributed by atoms with van der Waals surface area (Å²) in [7, 11) is 0. The first-order valence-corrected chi connectivity index (χ1v) is 10.9. The lowest BCUT2D eigenvalue weighted by Crippen LogP contribution is -2.40. The Hall–Kier alpha value is -1.36. The summed E-state index contributed by atoms with van der Waals surface area (Å²) in [6.07, 6.45) is 7.89. The molecule has 4 nitrogen and oxygen atoms in total. The van der Waals surface area contributed by atoms with E-state index in [1.165, 1.54) is 38.5 Å². The van der Waals surface area contributed by atoms with Crippen LogP contribution in [0.5, 0.6) is 0 Å². The van der Waals surface area contributed by atoms with Gasteiger partial charge in [-0.3, -0.25) is 0 Å². The third-order valence-corrected chi connectivity index (χ3v) is 7.57. The Morgan fingerprint density at radius 3 is 2.32 bits per heavy atom. The second kappa shape index (κ2) is 7.81. The predicted octanol–water partition coefficient (Wildman–Crippen LogP) is 5.72. The summed E-state index contributed by atoms with van der Waals surface area (Å²) < 4.78 is 0. The van der Waals surface area contributed by atoms with E-state index in [0.29, 0.717) is 26.8 Å². The largest absolute Gasteiger partial charge is 0.390 e. The number of hydrogen-bond acceptors (Lipinski definition) is 4. The first-order valence-electron chi connectivity index (χ1n) is 10.1. The van der Waals surface area contributed by atoms with Crippen LogP contribution in [0.15, 0.2) is 12.1 Å². The summed E-state index contributed by atoms with van der Waals surface area (Å²) in [5.41, 5.74) is 4.32. The number of aliphatic hydroxyl groups is 1. The van der Waals surface area contributed by atoms with Crippen LogP contribution < -0.4 is 4.90 Å². The third kappa shape index (κ3) is 3.51. The summed E-state index contributed by atoms with van der Waals surface area (Å²) in [6, 6.07) is 3.86. The molecule has 2 fully saturated rings. The van der Waals surface area contributed by atoms with E-state index in [4.69, 9.17) is 33.2 Å². The lowest BCUT2D eigenvalue weighted by molar-refractivity contribution is 0.225. The molecule has 28 heavy (non-hydrogen) atoms. The Morgan fingerprint density at radius 1 is 1.00 bits per heavy atom. The molecule has 0 atom stereocenters. The number of anilines is 1. The van der Waals surface area contributed by atoms with E-state index in [1.54, 1.807) is 0 Å². The van der Waals surface area contributed by atoms with Crippen molar-refractivity contribution in [3.63, 3.8) is 0 Å². The highest BCUT2D eigenvalue weighted by atomic mass is 35.5. The molecule has 0 amide bonds. The molecule has 2 aliphatic rings. The molecule has 0 unspecified atom stereocenters. The van der Waals surface area contributed by atoms with E-state index in [2.05, 4.69) is 4.90 Å². The van der Waals surface area contributed by atoms with E-state index >= 15 is 0 Å². The predicted molar refractivity (Wildman–Crippen MR) is 115 cm³/mol. The van der Waals surface area contributed by atoms with Crippen molar-refractivity contribution in [2.75, 3.05) is 18.0 Å². The molecule has 1 N–H and O–H groups in total. The van der Waals surface area contributed by atoms with Gasteiger partial charge in [0.2, 0.25) is 0 Å². The number of nitrogens with zero attached hydrogens (tertiary/aromatic N) is 3. The van der Waals surface area contributed by atoms with Gasteiger partial charge >= 0.3 is 0 Å². The zero-order valence-corrected chi connectivity index (χ0v) is 18.1. The standard InChI is InChI=1S/C22H27Cl2N3O/c1-14-5-6-16(19(24)18(14)23)20-15(2)25-21(17(13-28)26-20)27-11-9-22(10-12-27)7-3-4-8-22/h5-6,28H,3-4,7-13H2,1-2H3. The number of aromatic nitrogens is 2. The van der Waals surface area contributed by atoms with Crippen LogP contribution in [0.3, 0.4) is 0 Å². The normalized spacial score (nSPS) is 18.8. The summed E-state index contributed by atoms with van der Waals surface area (Å²) in [4.78, 5) is 11.9. The minimum atomic E-state index is -0.144. The smallest absolute Gasteiger partial charge is 0.153 e. The van der Waals surface area contributed by atoms with E-state index in [-0.39, 0.29) is 6.61 Å². The number of benzene rings is 1. The molecule has 1 aromatic carbocycles. The molecule has 2 heterocycles. The lowest BCUT2D eigenvalue weighted by Gasteiger charge is -2.40. The lowest BCUT2D eigenvalue weighted by atomic mass is 9.77.